The van der Waals surface area contributed by atoms with Crippen LogP contribution < -0.4 is 9.47 Å². The lowest BCUT2D eigenvalue weighted by molar-refractivity contribution is -0.136. The molecule has 0 radical (unpaired) electrons. The van der Waals surface area contributed by atoms with Crippen LogP contribution in [0.2, 0.25) is 10.0 Å². The van der Waals surface area contributed by atoms with Crippen molar-refractivity contribution in [2.45, 2.75) is 17.0 Å². The van der Waals surface area contributed by atoms with E-state index in [-0.39, 0.29) is 28.5 Å². The summed E-state index contributed by atoms with van der Waals surface area (Å²) in [6.07, 6.45) is -4.52. The third kappa shape index (κ3) is 3.77. The average molecular weight is 432 g/mol. The zero-order valence-corrected chi connectivity index (χ0v) is 15.8. The highest BCUT2D eigenvalue weighted by atomic mass is 35.5. The fourth-order valence-corrected chi connectivity index (χ4v) is 3.87. The molecule has 3 nitrogen and oxygen atoms in total. The van der Waals surface area contributed by atoms with Crippen LogP contribution >= 0.6 is 35.0 Å². The first-order valence-electron chi connectivity index (χ1n) is 7.69. The molecule has 0 saturated heterocycles. The van der Waals surface area contributed by atoms with Crippen molar-refractivity contribution in [3.8, 4) is 11.5 Å². The second-order valence-electron chi connectivity index (χ2n) is 5.77. The number of ether oxygens (including phenoxy) is 2. The van der Waals surface area contributed by atoms with Gasteiger partial charge in [0.1, 0.15) is 0 Å². The van der Waals surface area contributed by atoms with E-state index in [0.717, 1.165) is 11.6 Å². The van der Waals surface area contributed by atoms with Gasteiger partial charge < -0.3 is 9.47 Å². The van der Waals surface area contributed by atoms with E-state index < -0.39 is 11.7 Å². The van der Waals surface area contributed by atoms with E-state index in [0.29, 0.717) is 21.5 Å². The summed E-state index contributed by atoms with van der Waals surface area (Å²) in [5, 5.41) is 1.04. The van der Waals surface area contributed by atoms with Crippen LogP contribution in [-0.4, -0.2) is 11.8 Å². The minimum atomic E-state index is -4.52. The van der Waals surface area contributed by atoms with E-state index >= 15 is 0 Å². The number of rotatable bonds is 3. The molecule has 1 aliphatic heterocycles. The van der Waals surface area contributed by atoms with Crippen LogP contribution in [0.5, 0.6) is 11.5 Å². The highest BCUT2D eigenvalue weighted by Crippen LogP contribution is 2.42. The molecule has 0 aliphatic carbocycles. The first-order chi connectivity index (χ1) is 12.8. The summed E-state index contributed by atoms with van der Waals surface area (Å²) < 4.78 is 51.1. The number of hydrogen-bond donors (Lipinski definition) is 0. The van der Waals surface area contributed by atoms with Crippen molar-refractivity contribution in [2.24, 2.45) is 0 Å². The molecule has 9 heteroatoms. The number of halogens is 5. The molecular formula is C18H10Cl2F3NO2S. The average Bonchev–Trinajstić information content (AvgIpc) is 3.06. The molecule has 2 aromatic carbocycles. The van der Waals surface area contributed by atoms with Crippen molar-refractivity contribution in [1.82, 2.24) is 4.98 Å². The van der Waals surface area contributed by atoms with Crippen molar-refractivity contribution in [1.29, 1.82) is 0 Å². The molecule has 0 saturated carbocycles. The van der Waals surface area contributed by atoms with Gasteiger partial charge in [-0.3, -0.25) is 0 Å². The molecule has 0 fully saturated rings. The Labute approximate surface area is 166 Å². The minimum absolute atomic E-state index is 0.0219. The molecule has 140 valence electrons. The molecule has 1 aromatic heterocycles. The fraction of sp³-hybridized carbons (Fsp3) is 0.167. The minimum Gasteiger partial charge on any atom is -0.454 e. The topological polar surface area (TPSA) is 31.4 Å². The Morgan fingerprint density at radius 3 is 2.44 bits per heavy atom. The van der Waals surface area contributed by atoms with Crippen molar-refractivity contribution in [2.75, 3.05) is 6.79 Å². The molecule has 1 aliphatic rings. The number of pyridine rings is 1. The predicted octanol–water partition coefficient (Wildman–Crippen LogP) is 6.58. The van der Waals surface area contributed by atoms with E-state index in [1.165, 1.54) is 23.9 Å². The Morgan fingerprint density at radius 1 is 1.00 bits per heavy atom. The van der Waals surface area contributed by atoms with E-state index in [4.69, 9.17) is 32.7 Å². The van der Waals surface area contributed by atoms with Crippen molar-refractivity contribution in [3.05, 3.63) is 57.6 Å². The van der Waals surface area contributed by atoms with Gasteiger partial charge in [-0.25, -0.2) is 4.98 Å². The third-order valence-electron chi connectivity index (χ3n) is 3.96. The van der Waals surface area contributed by atoms with Gasteiger partial charge in [0.05, 0.1) is 26.2 Å². The molecule has 0 spiro atoms. The van der Waals surface area contributed by atoms with Gasteiger partial charge in [0, 0.05) is 17.2 Å². The molecule has 0 atom stereocenters. The summed E-state index contributed by atoms with van der Waals surface area (Å²) in [5.41, 5.74) is 0.267. The lowest BCUT2D eigenvalue weighted by Crippen LogP contribution is -2.07. The Hall–Kier alpha value is -1.83. The van der Waals surface area contributed by atoms with E-state index in [9.17, 15) is 13.2 Å². The third-order valence-corrected chi connectivity index (χ3v) is 5.68. The SMILES string of the molecule is FC(F)(F)c1cc(SCc2ccc(Cl)c(Cl)c2)nc2cc3c(cc12)OCO3. The molecule has 0 bridgehead atoms. The number of hydrogen-bond acceptors (Lipinski definition) is 4. The quantitative estimate of drug-likeness (QED) is 0.438. The number of benzene rings is 2. The first-order valence-corrected chi connectivity index (χ1v) is 9.44. The number of thioether (sulfide) groups is 1. The normalized spacial score (nSPS) is 13.4. The van der Waals surface area contributed by atoms with Crippen LogP contribution in [0.4, 0.5) is 13.2 Å². The van der Waals surface area contributed by atoms with Crippen molar-refractivity contribution in [3.63, 3.8) is 0 Å². The highest BCUT2D eigenvalue weighted by molar-refractivity contribution is 7.98. The predicted molar refractivity (Wildman–Crippen MR) is 98.9 cm³/mol. The Balaban J connectivity index is 1.72. The van der Waals surface area contributed by atoms with Gasteiger partial charge in [0.2, 0.25) is 6.79 Å². The van der Waals surface area contributed by atoms with E-state index in [1.54, 1.807) is 18.2 Å². The lowest BCUT2D eigenvalue weighted by Gasteiger charge is -2.13. The molecule has 2 heterocycles. The summed E-state index contributed by atoms with van der Waals surface area (Å²) in [6.45, 7) is -0.0219. The number of fused-ring (bicyclic) bond motifs is 2. The molecule has 0 N–H and O–H groups in total. The van der Waals surface area contributed by atoms with Crippen LogP contribution in [0, 0.1) is 0 Å². The van der Waals surface area contributed by atoms with Gasteiger partial charge in [-0.1, -0.05) is 29.3 Å². The van der Waals surface area contributed by atoms with E-state index in [2.05, 4.69) is 4.98 Å². The van der Waals surface area contributed by atoms with Crippen LogP contribution in [-0.2, 0) is 11.9 Å². The maximum absolute atomic E-state index is 13.6. The Kier molecular flexibility index (Phi) is 4.78. The van der Waals surface area contributed by atoms with E-state index in [1.807, 2.05) is 0 Å². The summed E-state index contributed by atoms with van der Waals surface area (Å²) in [4.78, 5) is 4.35. The highest BCUT2D eigenvalue weighted by Gasteiger charge is 2.34. The summed E-state index contributed by atoms with van der Waals surface area (Å²) >= 11 is 13.0. The summed E-state index contributed by atoms with van der Waals surface area (Å²) in [5.74, 6) is 1.07. The second-order valence-corrected chi connectivity index (χ2v) is 7.58. The summed E-state index contributed by atoms with van der Waals surface area (Å²) in [6, 6.07) is 8.94. The number of alkyl halides is 3. The largest absolute Gasteiger partial charge is 0.454 e. The zero-order valence-electron chi connectivity index (χ0n) is 13.4. The van der Waals surface area contributed by atoms with Crippen LogP contribution in [0.3, 0.4) is 0 Å². The van der Waals surface area contributed by atoms with Gasteiger partial charge in [0.25, 0.3) is 0 Å². The van der Waals surface area contributed by atoms with Crippen LogP contribution in [0.25, 0.3) is 10.9 Å². The standard InChI is InChI=1S/C18H10Cl2F3NO2S/c19-12-2-1-9(3-13(12)20)7-27-17-5-11(18(21,22)23)10-4-15-16(26-8-25-15)6-14(10)24-17/h1-6H,7-8H2. The Morgan fingerprint density at radius 2 is 1.74 bits per heavy atom. The van der Waals surface area contributed by atoms with Crippen LogP contribution in [0.1, 0.15) is 11.1 Å². The van der Waals surface area contributed by atoms with Gasteiger partial charge >= 0.3 is 6.18 Å². The van der Waals surface area contributed by atoms with Gasteiger partial charge in [-0.2, -0.15) is 13.2 Å². The molecular weight excluding hydrogens is 422 g/mol. The van der Waals surface area contributed by atoms with Crippen LogP contribution in [0.15, 0.2) is 41.4 Å². The van der Waals surface area contributed by atoms with Crippen molar-refractivity contribution < 1.29 is 22.6 Å². The zero-order chi connectivity index (χ0) is 19.2. The molecule has 0 unspecified atom stereocenters. The Bertz CT molecular complexity index is 1040. The second kappa shape index (κ2) is 6.96. The van der Waals surface area contributed by atoms with Gasteiger partial charge in [-0.05, 0) is 29.8 Å². The van der Waals surface area contributed by atoms with Crippen molar-refractivity contribution >= 4 is 45.9 Å². The molecule has 27 heavy (non-hydrogen) atoms. The maximum Gasteiger partial charge on any atom is 0.417 e. The summed E-state index contributed by atoms with van der Waals surface area (Å²) in [7, 11) is 0. The van der Waals surface area contributed by atoms with Gasteiger partial charge in [0.15, 0.2) is 11.5 Å². The molecule has 3 aromatic rings. The number of nitrogens with zero attached hydrogens (tertiary/aromatic N) is 1. The molecule has 4 rings (SSSR count). The first kappa shape index (κ1) is 18.5. The fourth-order valence-electron chi connectivity index (χ4n) is 2.69. The number of aromatic nitrogens is 1. The van der Waals surface area contributed by atoms with Gasteiger partial charge in [-0.15, -0.1) is 11.8 Å². The lowest BCUT2D eigenvalue weighted by atomic mass is 10.1. The smallest absolute Gasteiger partial charge is 0.417 e. The maximum atomic E-state index is 13.6. The monoisotopic (exact) mass is 431 g/mol. The molecule has 0 amide bonds.